The summed E-state index contributed by atoms with van der Waals surface area (Å²) in [5.74, 6) is 0.0743. The molecule has 138 valence electrons. The van der Waals surface area contributed by atoms with E-state index in [2.05, 4.69) is 10.1 Å². The number of hydrogen-bond acceptors (Lipinski definition) is 3. The molecule has 4 rings (SSSR count). The molecule has 1 unspecified atom stereocenters. The molecule has 1 aliphatic rings. The first-order valence-electron chi connectivity index (χ1n) is 9.49. The minimum atomic E-state index is 0.0585. The molecule has 0 bridgehead atoms. The molecule has 0 aliphatic carbocycles. The van der Waals surface area contributed by atoms with Crippen LogP contribution in [0.15, 0.2) is 54.7 Å². The van der Waals surface area contributed by atoms with Crippen molar-refractivity contribution in [3.05, 3.63) is 77.4 Å². The van der Waals surface area contributed by atoms with Gasteiger partial charge in [0.1, 0.15) is 0 Å². The van der Waals surface area contributed by atoms with E-state index in [4.69, 9.17) is 0 Å². The monoisotopic (exact) mass is 360 g/mol. The highest BCUT2D eigenvalue weighted by atomic mass is 16.2. The van der Waals surface area contributed by atoms with E-state index in [1.807, 2.05) is 72.0 Å². The van der Waals surface area contributed by atoms with Gasteiger partial charge in [-0.3, -0.25) is 9.78 Å². The molecule has 3 aromatic rings. The summed E-state index contributed by atoms with van der Waals surface area (Å²) in [6, 6.07) is 15.8. The number of nitrogens with zero attached hydrogens (tertiary/aromatic N) is 4. The summed E-state index contributed by atoms with van der Waals surface area (Å²) in [6.45, 7) is 4.79. The number of pyridine rings is 1. The van der Waals surface area contributed by atoms with E-state index in [1.54, 1.807) is 6.20 Å². The van der Waals surface area contributed by atoms with Gasteiger partial charge in [-0.05, 0) is 75.6 Å². The Balaban J connectivity index is 1.59. The molecule has 1 fully saturated rings. The average molecular weight is 360 g/mol. The van der Waals surface area contributed by atoms with Gasteiger partial charge in [-0.25, -0.2) is 4.68 Å². The number of amides is 1. The third-order valence-electron chi connectivity index (χ3n) is 5.16. The predicted molar refractivity (Wildman–Crippen MR) is 105 cm³/mol. The van der Waals surface area contributed by atoms with Crippen molar-refractivity contribution in [2.45, 2.75) is 39.2 Å². The van der Waals surface area contributed by atoms with E-state index in [0.717, 1.165) is 48.6 Å². The van der Waals surface area contributed by atoms with Crippen LogP contribution in [0, 0.1) is 13.8 Å². The molecule has 5 heteroatoms. The second-order valence-corrected chi connectivity index (χ2v) is 7.15. The molecular weight excluding hydrogens is 336 g/mol. The summed E-state index contributed by atoms with van der Waals surface area (Å²) < 4.78 is 1.90. The Morgan fingerprint density at radius 1 is 1.07 bits per heavy atom. The van der Waals surface area contributed by atoms with Crippen LogP contribution >= 0.6 is 0 Å². The van der Waals surface area contributed by atoms with Gasteiger partial charge in [0.25, 0.3) is 5.91 Å². The molecule has 2 aromatic heterocycles. The lowest BCUT2D eigenvalue weighted by atomic mass is 9.97. The van der Waals surface area contributed by atoms with Crippen LogP contribution in [0.1, 0.15) is 52.7 Å². The number of piperidine rings is 1. The Hall–Kier alpha value is -2.95. The Morgan fingerprint density at radius 3 is 2.56 bits per heavy atom. The van der Waals surface area contributed by atoms with Crippen LogP contribution in [0.5, 0.6) is 0 Å². The van der Waals surface area contributed by atoms with Crippen LogP contribution in [-0.2, 0) is 0 Å². The van der Waals surface area contributed by atoms with Gasteiger partial charge in [-0.1, -0.05) is 6.07 Å². The maximum Gasteiger partial charge on any atom is 0.254 e. The number of likely N-dealkylation sites (tertiary alicyclic amines) is 1. The van der Waals surface area contributed by atoms with Crippen LogP contribution in [0.3, 0.4) is 0 Å². The maximum absolute atomic E-state index is 13.2. The number of benzene rings is 1. The third-order valence-corrected chi connectivity index (χ3v) is 5.16. The Morgan fingerprint density at radius 2 is 1.89 bits per heavy atom. The largest absolute Gasteiger partial charge is 0.330 e. The van der Waals surface area contributed by atoms with Gasteiger partial charge < -0.3 is 4.90 Å². The summed E-state index contributed by atoms with van der Waals surface area (Å²) in [5.41, 5.74) is 4.72. The molecule has 1 saturated heterocycles. The summed E-state index contributed by atoms with van der Waals surface area (Å²) in [4.78, 5) is 19.6. The number of aromatic nitrogens is 3. The molecule has 1 atom stereocenters. The fraction of sp³-hybridized carbons (Fsp3) is 0.318. The predicted octanol–water partition coefficient (Wildman–Crippen LogP) is 4.25. The van der Waals surface area contributed by atoms with Crippen molar-refractivity contribution in [3.8, 4) is 5.69 Å². The van der Waals surface area contributed by atoms with Crippen molar-refractivity contribution < 1.29 is 4.79 Å². The average Bonchev–Trinajstić information content (AvgIpc) is 3.06. The van der Waals surface area contributed by atoms with Gasteiger partial charge in [-0.15, -0.1) is 0 Å². The van der Waals surface area contributed by atoms with Gasteiger partial charge in [-0.2, -0.15) is 5.10 Å². The summed E-state index contributed by atoms with van der Waals surface area (Å²) in [6.07, 6.45) is 4.93. The minimum Gasteiger partial charge on any atom is -0.330 e. The molecular formula is C22H24N4O. The van der Waals surface area contributed by atoms with Gasteiger partial charge >= 0.3 is 0 Å². The van der Waals surface area contributed by atoms with E-state index in [9.17, 15) is 4.79 Å². The number of carbonyl (C=O) groups is 1. The lowest BCUT2D eigenvalue weighted by molar-refractivity contribution is 0.0606. The molecule has 5 nitrogen and oxygen atoms in total. The van der Waals surface area contributed by atoms with Crippen LogP contribution < -0.4 is 0 Å². The first-order chi connectivity index (χ1) is 13.1. The number of rotatable bonds is 3. The maximum atomic E-state index is 13.2. The highest BCUT2D eigenvalue weighted by molar-refractivity contribution is 5.94. The number of carbonyl (C=O) groups excluding carboxylic acids is 1. The summed E-state index contributed by atoms with van der Waals surface area (Å²) in [5, 5.41) is 4.51. The van der Waals surface area contributed by atoms with Gasteiger partial charge in [0, 0.05) is 24.0 Å². The van der Waals surface area contributed by atoms with Crippen molar-refractivity contribution in [3.63, 3.8) is 0 Å². The fourth-order valence-electron chi connectivity index (χ4n) is 3.86. The minimum absolute atomic E-state index is 0.0585. The van der Waals surface area contributed by atoms with Crippen molar-refractivity contribution in [2.75, 3.05) is 6.54 Å². The van der Waals surface area contributed by atoms with Crippen molar-refractivity contribution in [2.24, 2.45) is 0 Å². The zero-order valence-electron chi connectivity index (χ0n) is 15.8. The van der Waals surface area contributed by atoms with Crippen LogP contribution in [0.25, 0.3) is 5.69 Å². The molecule has 3 heterocycles. The molecule has 0 saturated carbocycles. The lowest BCUT2D eigenvalue weighted by Crippen LogP contribution is -2.38. The summed E-state index contributed by atoms with van der Waals surface area (Å²) in [7, 11) is 0. The second kappa shape index (κ2) is 7.35. The zero-order valence-corrected chi connectivity index (χ0v) is 15.8. The second-order valence-electron chi connectivity index (χ2n) is 7.15. The SMILES string of the molecule is Cc1cc(C)n(-c2ccc(C(=O)N3CCCCC3c3ccccn3)cc2)n1. The highest BCUT2D eigenvalue weighted by Gasteiger charge is 2.29. The Labute approximate surface area is 159 Å². The smallest absolute Gasteiger partial charge is 0.254 e. The Bertz CT molecular complexity index is 931. The van der Waals surface area contributed by atoms with Crippen molar-refractivity contribution in [1.82, 2.24) is 19.7 Å². The van der Waals surface area contributed by atoms with Crippen LogP contribution in [-0.4, -0.2) is 32.1 Å². The first-order valence-corrected chi connectivity index (χ1v) is 9.49. The molecule has 1 aliphatic heterocycles. The highest BCUT2D eigenvalue weighted by Crippen LogP contribution is 2.31. The lowest BCUT2D eigenvalue weighted by Gasteiger charge is -2.35. The molecule has 1 aromatic carbocycles. The quantitative estimate of drug-likeness (QED) is 0.701. The van der Waals surface area contributed by atoms with Crippen molar-refractivity contribution >= 4 is 5.91 Å². The van der Waals surface area contributed by atoms with Gasteiger partial charge in [0.15, 0.2) is 0 Å². The van der Waals surface area contributed by atoms with Crippen LogP contribution in [0.4, 0.5) is 0 Å². The van der Waals surface area contributed by atoms with E-state index in [-0.39, 0.29) is 11.9 Å². The standard InChI is InChI=1S/C22H24N4O/c1-16-15-17(2)26(24-16)19-11-9-18(10-12-19)22(27)25-14-6-4-8-21(25)20-7-3-5-13-23-20/h3,5,7,9-13,15,21H,4,6,8,14H2,1-2H3. The van der Waals surface area contributed by atoms with E-state index in [1.165, 1.54) is 0 Å². The third kappa shape index (κ3) is 3.50. The molecule has 0 N–H and O–H groups in total. The zero-order chi connectivity index (χ0) is 18.8. The van der Waals surface area contributed by atoms with E-state index in [0.29, 0.717) is 5.56 Å². The molecule has 27 heavy (non-hydrogen) atoms. The molecule has 1 amide bonds. The first kappa shape index (κ1) is 17.5. The van der Waals surface area contributed by atoms with Gasteiger partial charge in [0.05, 0.1) is 23.1 Å². The normalized spacial score (nSPS) is 17.1. The van der Waals surface area contributed by atoms with Crippen LogP contribution in [0.2, 0.25) is 0 Å². The van der Waals surface area contributed by atoms with E-state index >= 15 is 0 Å². The van der Waals surface area contributed by atoms with Crippen molar-refractivity contribution in [1.29, 1.82) is 0 Å². The molecule has 0 spiro atoms. The number of aryl methyl sites for hydroxylation is 2. The topological polar surface area (TPSA) is 51.0 Å². The number of hydrogen-bond donors (Lipinski definition) is 0. The van der Waals surface area contributed by atoms with E-state index < -0.39 is 0 Å². The summed E-state index contributed by atoms with van der Waals surface area (Å²) >= 11 is 0. The fourth-order valence-corrected chi connectivity index (χ4v) is 3.86. The Kier molecular flexibility index (Phi) is 4.75. The van der Waals surface area contributed by atoms with Gasteiger partial charge in [0.2, 0.25) is 0 Å². The molecule has 0 radical (unpaired) electrons.